The number of aliphatic carboxylic acids is 1. The Hall–Kier alpha value is -1.55. The molecule has 1 aromatic rings. The van der Waals surface area contributed by atoms with E-state index in [2.05, 4.69) is 0 Å². The SMILES string of the molecule is CCOc1ccc(C(O)(CC(=O)O)C(C)C)cc1. The van der Waals surface area contributed by atoms with Gasteiger partial charge in [0.1, 0.15) is 11.4 Å². The second kappa shape index (κ2) is 5.87. The van der Waals surface area contributed by atoms with Crippen LogP contribution in [0.3, 0.4) is 0 Å². The Morgan fingerprint density at radius 3 is 2.28 bits per heavy atom. The largest absolute Gasteiger partial charge is 0.494 e. The molecule has 0 bridgehead atoms. The summed E-state index contributed by atoms with van der Waals surface area (Å²) in [5.74, 6) is -0.491. The average Bonchev–Trinajstić information content (AvgIpc) is 2.29. The molecule has 100 valence electrons. The predicted molar refractivity (Wildman–Crippen MR) is 68.6 cm³/mol. The molecule has 4 heteroatoms. The summed E-state index contributed by atoms with van der Waals surface area (Å²) in [4.78, 5) is 10.9. The van der Waals surface area contributed by atoms with Crippen LogP contribution in [0.4, 0.5) is 0 Å². The highest BCUT2D eigenvalue weighted by molar-refractivity contribution is 5.68. The zero-order valence-electron chi connectivity index (χ0n) is 11.0. The normalized spacial score (nSPS) is 14.3. The van der Waals surface area contributed by atoms with Gasteiger partial charge < -0.3 is 14.9 Å². The zero-order valence-corrected chi connectivity index (χ0v) is 11.0. The highest BCUT2D eigenvalue weighted by atomic mass is 16.5. The number of carboxylic acid groups (broad SMARTS) is 1. The maximum Gasteiger partial charge on any atom is 0.306 e. The smallest absolute Gasteiger partial charge is 0.306 e. The van der Waals surface area contributed by atoms with E-state index in [4.69, 9.17) is 9.84 Å². The summed E-state index contributed by atoms with van der Waals surface area (Å²) in [5.41, 5.74) is -0.750. The van der Waals surface area contributed by atoms with Crippen molar-refractivity contribution in [2.24, 2.45) is 5.92 Å². The third kappa shape index (κ3) is 3.23. The highest BCUT2D eigenvalue weighted by Gasteiger charge is 2.35. The van der Waals surface area contributed by atoms with Crippen molar-refractivity contribution in [3.8, 4) is 5.75 Å². The molecule has 0 radical (unpaired) electrons. The molecule has 0 heterocycles. The lowest BCUT2D eigenvalue weighted by molar-refractivity contribution is -0.145. The molecule has 18 heavy (non-hydrogen) atoms. The molecular formula is C14H20O4. The topological polar surface area (TPSA) is 66.8 Å². The van der Waals surface area contributed by atoms with Gasteiger partial charge in [0.2, 0.25) is 0 Å². The van der Waals surface area contributed by atoms with Crippen LogP contribution >= 0.6 is 0 Å². The molecule has 0 aliphatic carbocycles. The van der Waals surface area contributed by atoms with E-state index in [1.165, 1.54) is 0 Å². The molecule has 0 spiro atoms. The van der Waals surface area contributed by atoms with Gasteiger partial charge in [0.15, 0.2) is 0 Å². The van der Waals surface area contributed by atoms with Crippen molar-refractivity contribution in [3.05, 3.63) is 29.8 Å². The first kappa shape index (κ1) is 14.5. The predicted octanol–water partition coefficient (Wildman–Crippen LogP) is 2.40. The van der Waals surface area contributed by atoms with Crippen LogP contribution in [-0.2, 0) is 10.4 Å². The van der Waals surface area contributed by atoms with E-state index in [0.29, 0.717) is 17.9 Å². The van der Waals surface area contributed by atoms with Gasteiger partial charge in [-0.05, 0) is 30.5 Å². The van der Waals surface area contributed by atoms with Crippen molar-refractivity contribution in [2.45, 2.75) is 32.8 Å². The van der Waals surface area contributed by atoms with E-state index in [1.54, 1.807) is 38.1 Å². The van der Waals surface area contributed by atoms with Gasteiger partial charge >= 0.3 is 5.97 Å². The van der Waals surface area contributed by atoms with Crippen molar-refractivity contribution in [1.82, 2.24) is 0 Å². The highest BCUT2D eigenvalue weighted by Crippen LogP contribution is 2.33. The van der Waals surface area contributed by atoms with E-state index < -0.39 is 11.6 Å². The first-order chi connectivity index (χ1) is 8.40. The molecule has 1 unspecified atom stereocenters. The fourth-order valence-electron chi connectivity index (χ4n) is 1.88. The molecule has 1 atom stereocenters. The molecule has 0 fully saturated rings. The molecule has 1 rings (SSSR count). The van der Waals surface area contributed by atoms with E-state index in [0.717, 1.165) is 0 Å². The summed E-state index contributed by atoms with van der Waals surface area (Å²) < 4.78 is 5.32. The summed E-state index contributed by atoms with van der Waals surface area (Å²) in [6.45, 7) is 6.07. The van der Waals surface area contributed by atoms with Crippen molar-refractivity contribution in [3.63, 3.8) is 0 Å². The van der Waals surface area contributed by atoms with Crippen molar-refractivity contribution in [1.29, 1.82) is 0 Å². The van der Waals surface area contributed by atoms with Gasteiger partial charge in [-0.25, -0.2) is 0 Å². The molecule has 4 nitrogen and oxygen atoms in total. The third-order valence-corrected chi connectivity index (χ3v) is 3.04. The molecule has 1 aromatic carbocycles. The molecule has 0 aromatic heterocycles. The lowest BCUT2D eigenvalue weighted by atomic mass is 9.81. The first-order valence-corrected chi connectivity index (χ1v) is 6.07. The number of hydrogen-bond donors (Lipinski definition) is 2. The van der Waals surface area contributed by atoms with Crippen LogP contribution in [-0.4, -0.2) is 22.8 Å². The van der Waals surface area contributed by atoms with E-state index in [9.17, 15) is 9.90 Å². The Morgan fingerprint density at radius 2 is 1.89 bits per heavy atom. The van der Waals surface area contributed by atoms with Crippen LogP contribution < -0.4 is 4.74 Å². The Bertz CT molecular complexity index is 397. The Kier molecular flexibility index (Phi) is 4.73. The van der Waals surface area contributed by atoms with E-state index in [1.807, 2.05) is 6.92 Å². The fourth-order valence-corrected chi connectivity index (χ4v) is 1.88. The van der Waals surface area contributed by atoms with Crippen LogP contribution in [0.1, 0.15) is 32.8 Å². The monoisotopic (exact) mass is 252 g/mol. The molecule has 2 N–H and O–H groups in total. The minimum atomic E-state index is -1.35. The average molecular weight is 252 g/mol. The van der Waals surface area contributed by atoms with Crippen LogP contribution in [0.15, 0.2) is 24.3 Å². The molecule has 0 amide bonds. The first-order valence-electron chi connectivity index (χ1n) is 6.07. The summed E-state index contributed by atoms with van der Waals surface area (Å²) in [6.07, 6.45) is -0.307. The van der Waals surface area contributed by atoms with Gasteiger partial charge in [-0.2, -0.15) is 0 Å². The van der Waals surface area contributed by atoms with E-state index in [-0.39, 0.29) is 12.3 Å². The molecule has 0 saturated carbocycles. The minimum absolute atomic E-state index is 0.188. The Labute approximate surface area is 107 Å². The number of benzene rings is 1. The summed E-state index contributed by atoms with van der Waals surface area (Å²) in [7, 11) is 0. The summed E-state index contributed by atoms with van der Waals surface area (Å²) >= 11 is 0. The zero-order chi connectivity index (χ0) is 13.8. The quantitative estimate of drug-likeness (QED) is 0.816. The summed E-state index contributed by atoms with van der Waals surface area (Å²) in [5, 5.41) is 19.4. The minimum Gasteiger partial charge on any atom is -0.494 e. The Balaban J connectivity index is 3.02. The van der Waals surface area contributed by atoms with Gasteiger partial charge in [0.25, 0.3) is 0 Å². The number of carbonyl (C=O) groups is 1. The maximum atomic E-state index is 10.9. The number of ether oxygens (including phenoxy) is 1. The molecule has 0 aliphatic heterocycles. The number of hydrogen-bond acceptors (Lipinski definition) is 3. The van der Waals surface area contributed by atoms with Gasteiger partial charge in [-0.15, -0.1) is 0 Å². The van der Waals surface area contributed by atoms with E-state index >= 15 is 0 Å². The van der Waals surface area contributed by atoms with Gasteiger partial charge in [0.05, 0.1) is 13.0 Å². The lowest BCUT2D eigenvalue weighted by Gasteiger charge is -2.31. The number of aliphatic hydroxyl groups is 1. The van der Waals surface area contributed by atoms with Crippen LogP contribution in [0, 0.1) is 5.92 Å². The van der Waals surface area contributed by atoms with Crippen LogP contribution in [0.25, 0.3) is 0 Å². The summed E-state index contributed by atoms with van der Waals surface area (Å²) in [6, 6.07) is 6.92. The van der Waals surface area contributed by atoms with Crippen molar-refractivity contribution >= 4 is 5.97 Å². The maximum absolute atomic E-state index is 10.9. The van der Waals surface area contributed by atoms with Crippen LogP contribution in [0.5, 0.6) is 5.75 Å². The second-order valence-corrected chi connectivity index (χ2v) is 4.61. The van der Waals surface area contributed by atoms with Crippen LogP contribution in [0.2, 0.25) is 0 Å². The molecule has 0 saturated heterocycles. The van der Waals surface area contributed by atoms with Gasteiger partial charge in [0, 0.05) is 0 Å². The standard InChI is InChI=1S/C14H20O4/c1-4-18-12-7-5-11(6-8-12)14(17,10(2)3)9-13(15)16/h5-8,10,17H,4,9H2,1-3H3,(H,15,16). The van der Waals surface area contributed by atoms with Crippen molar-refractivity contribution in [2.75, 3.05) is 6.61 Å². The molecular weight excluding hydrogens is 232 g/mol. The molecule has 0 aliphatic rings. The van der Waals surface area contributed by atoms with Crippen molar-refractivity contribution < 1.29 is 19.7 Å². The van der Waals surface area contributed by atoms with Gasteiger partial charge in [-0.1, -0.05) is 26.0 Å². The number of carboxylic acids is 1. The Morgan fingerprint density at radius 1 is 1.33 bits per heavy atom. The third-order valence-electron chi connectivity index (χ3n) is 3.04. The number of rotatable bonds is 6. The second-order valence-electron chi connectivity index (χ2n) is 4.61. The van der Waals surface area contributed by atoms with Gasteiger partial charge in [-0.3, -0.25) is 4.79 Å². The lowest BCUT2D eigenvalue weighted by Crippen LogP contribution is -2.34. The fraction of sp³-hybridized carbons (Fsp3) is 0.500.